The van der Waals surface area contributed by atoms with Crippen molar-refractivity contribution < 1.29 is 37.0 Å². The highest BCUT2D eigenvalue weighted by atomic mass is 35.5. The summed E-state index contributed by atoms with van der Waals surface area (Å²) in [4.78, 5) is 41.2. The molecule has 0 aliphatic carbocycles. The van der Waals surface area contributed by atoms with E-state index in [1.54, 1.807) is 45.0 Å². The number of carbonyl (C=O) groups excluding carboxylic acids is 3. The molecule has 1 atom stereocenters. The first-order valence-corrected chi connectivity index (χ1v) is 14.5. The molecular formula is C29H28ClF3N4O5S. The lowest BCUT2D eigenvalue weighted by Crippen LogP contribution is -2.51. The highest BCUT2D eigenvalue weighted by Gasteiger charge is 2.38. The number of amides is 3. The summed E-state index contributed by atoms with van der Waals surface area (Å²) < 4.78 is 53.3. The van der Waals surface area contributed by atoms with Crippen LogP contribution in [0.15, 0.2) is 47.5 Å². The number of rotatable bonds is 5. The van der Waals surface area contributed by atoms with Gasteiger partial charge in [-0.2, -0.15) is 18.3 Å². The van der Waals surface area contributed by atoms with Crippen molar-refractivity contribution in [3.63, 3.8) is 0 Å². The van der Waals surface area contributed by atoms with Crippen molar-refractivity contribution in [2.45, 2.75) is 45.2 Å². The Morgan fingerprint density at radius 3 is 2.67 bits per heavy atom. The fourth-order valence-corrected chi connectivity index (χ4v) is 5.79. The van der Waals surface area contributed by atoms with Gasteiger partial charge in [0.25, 0.3) is 11.1 Å². The molecule has 2 saturated heterocycles. The molecule has 14 heteroatoms. The summed E-state index contributed by atoms with van der Waals surface area (Å²) in [5, 5.41) is 4.45. The molecule has 0 N–H and O–H groups in total. The fourth-order valence-electron chi connectivity index (χ4n) is 4.77. The van der Waals surface area contributed by atoms with Crippen molar-refractivity contribution in [3.8, 4) is 0 Å². The number of hydrogen-bond donors (Lipinski definition) is 0. The van der Waals surface area contributed by atoms with Crippen LogP contribution in [-0.4, -0.2) is 74.8 Å². The van der Waals surface area contributed by atoms with E-state index < -0.39 is 40.7 Å². The van der Waals surface area contributed by atoms with E-state index in [-0.39, 0.29) is 41.7 Å². The maximum absolute atomic E-state index is 13.6. The number of halogens is 4. The summed E-state index contributed by atoms with van der Waals surface area (Å²) in [5.41, 5.74) is -0.248. The van der Waals surface area contributed by atoms with Crippen molar-refractivity contribution >= 4 is 57.6 Å². The first kappa shape index (κ1) is 30.9. The smallest absolute Gasteiger partial charge is 0.416 e. The van der Waals surface area contributed by atoms with Crippen molar-refractivity contribution in [2.75, 3.05) is 26.2 Å². The molecule has 0 saturated carbocycles. The Kier molecular flexibility index (Phi) is 8.52. The minimum Gasteiger partial charge on any atom is -0.444 e. The Morgan fingerprint density at radius 2 is 1.95 bits per heavy atom. The molecule has 3 heterocycles. The van der Waals surface area contributed by atoms with Crippen LogP contribution in [0.25, 0.3) is 17.0 Å². The van der Waals surface area contributed by atoms with Crippen molar-refractivity contribution in [1.29, 1.82) is 0 Å². The van der Waals surface area contributed by atoms with Gasteiger partial charge >= 0.3 is 12.3 Å². The van der Waals surface area contributed by atoms with E-state index in [4.69, 9.17) is 21.1 Å². The summed E-state index contributed by atoms with van der Waals surface area (Å²) in [6.07, 6.45) is -2.51. The number of ether oxygens (including phenoxy) is 2. The molecule has 3 amide bonds. The SMILES string of the molecule is CC(C)(C)OC(=O)N1CCO[C@H](CN2C(=O)S/C(=C\c3ccc4c(cnn4Cc4ccc(Cl)cc4C(F)(F)F)c3)C2=O)C1. The van der Waals surface area contributed by atoms with Crippen molar-refractivity contribution in [2.24, 2.45) is 0 Å². The largest absolute Gasteiger partial charge is 0.444 e. The Bertz CT molecular complexity index is 1620. The predicted molar refractivity (Wildman–Crippen MR) is 156 cm³/mol. The van der Waals surface area contributed by atoms with Gasteiger partial charge in [-0.25, -0.2) is 4.79 Å². The normalized spacial score (nSPS) is 19.1. The quantitative estimate of drug-likeness (QED) is 0.298. The molecule has 9 nitrogen and oxygen atoms in total. The summed E-state index contributed by atoms with van der Waals surface area (Å²) in [7, 11) is 0. The van der Waals surface area contributed by atoms with Gasteiger partial charge in [0.2, 0.25) is 0 Å². The monoisotopic (exact) mass is 636 g/mol. The van der Waals surface area contributed by atoms with Crippen LogP contribution in [0.2, 0.25) is 5.02 Å². The Hall–Kier alpha value is -3.55. The summed E-state index contributed by atoms with van der Waals surface area (Å²) in [6, 6.07) is 8.76. The highest BCUT2D eigenvalue weighted by molar-refractivity contribution is 8.18. The molecular weight excluding hydrogens is 609 g/mol. The van der Waals surface area contributed by atoms with Gasteiger partial charge in [-0.15, -0.1) is 0 Å². The molecule has 2 aliphatic rings. The van der Waals surface area contributed by atoms with Crippen LogP contribution in [0.4, 0.5) is 22.8 Å². The van der Waals surface area contributed by atoms with Crippen LogP contribution in [0.1, 0.15) is 37.5 Å². The maximum Gasteiger partial charge on any atom is 0.416 e. The minimum absolute atomic E-state index is 0.00973. The molecule has 228 valence electrons. The lowest BCUT2D eigenvalue weighted by molar-refractivity contribution is -0.138. The third-order valence-electron chi connectivity index (χ3n) is 6.71. The lowest BCUT2D eigenvalue weighted by atomic mass is 10.1. The van der Waals surface area contributed by atoms with Crippen molar-refractivity contribution in [3.05, 3.63) is 69.2 Å². The van der Waals surface area contributed by atoms with Crippen LogP contribution in [0.3, 0.4) is 0 Å². The number of nitrogens with zero attached hydrogens (tertiary/aromatic N) is 4. The zero-order valence-electron chi connectivity index (χ0n) is 23.5. The second-order valence-corrected chi connectivity index (χ2v) is 12.6. The van der Waals surface area contributed by atoms with E-state index in [0.29, 0.717) is 23.0 Å². The van der Waals surface area contributed by atoms with Gasteiger partial charge in [0.05, 0.1) is 54.5 Å². The number of thioether (sulfide) groups is 1. The molecule has 0 unspecified atom stereocenters. The molecule has 43 heavy (non-hydrogen) atoms. The zero-order chi connectivity index (χ0) is 31.1. The van der Waals surface area contributed by atoms with E-state index in [1.807, 2.05) is 0 Å². The van der Waals surface area contributed by atoms with Crippen LogP contribution in [0.5, 0.6) is 0 Å². The van der Waals surface area contributed by atoms with E-state index in [2.05, 4.69) is 5.10 Å². The van der Waals surface area contributed by atoms with E-state index in [1.165, 1.54) is 27.9 Å². The number of aromatic nitrogens is 2. The van der Waals surface area contributed by atoms with Gasteiger partial charge in [0, 0.05) is 17.0 Å². The van der Waals surface area contributed by atoms with Crippen LogP contribution >= 0.6 is 23.4 Å². The minimum atomic E-state index is -4.57. The summed E-state index contributed by atoms with van der Waals surface area (Å²) in [6.45, 7) is 5.95. The number of fused-ring (bicyclic) bond motifs is 1. The number of hydrogen-bond acceptors (Lipinski definition) is 7. The van der Waals surface area contributed by atoms with Crippen molar-refractivity contribution in [1.82, 2.24) is 19.6 Å². The zero-order valence-corrected chi connectivity index (χ0v) is 25.1. The molecule has 0 spiro atoms. The Labute approximate surface area is 254 Å². The summed E-state index contributed by atoms with van der Waals surface area (Å²) >= 11 is 6.59. The standard InChI is InChI=1S/C29H28ClF3N4O5S/c1-28(2,3)42-26(39)35-8-9-41-21(15-35)16-36-25(38)24(43-27(36)40)11-17-4-7-23-19(10-17)13-34-37(23)14-18-5-6-20(30)12-22(18)29(31,32)33/h4-7,10-13,21H,8-9,14-16H2,1-3H3/b24-11-/t21-/m0/s1. The second kappa shape index (κ2) is 11.9. The first-order valence-electron chi connectivity index (χ1n) is 13.3. The average Bonchev–Trinajstić information content (AvgIpc) is 3.43. The molecule has 0 radical (unpaired) electrons. The predicted octanol–water partition coefficient (Wildman–Crippen LogP) is 6.43. The number of morpholine rings is 1. The third-order valence-corrected chi connectivity index (χ3v) is 7.85. The molecule has 5 rings (SSSR count). The van der Waals surface area contributed by atoms with Gasteiger partial charge < -0.3 is 14.4 Å². The molecule has 3 aromatic rings. The molecule has 0 bridgehead atoms. The van der Waals surface area contributed by atoms with Gasteiger partial charge in [0.1, 0.15) is 5.60 Å². The maximum atomic E-state index is 13.6. The molecule has 2 aromatic carbocycles. The van der Waals surface area contributed by atoms with Gasteiger partial charge in [-0.05, 0) is 74.0 Å². The fraction of sp³-hybridized carbons (Fsp3) is 0.379. The summed E-state index contributed by atoms with van der Waals surface area (Å²) in [5.74, 6) is -0.480. The lowest BCUT2D eigenvalue weighted by Gasteiger charge is -2.35. The van der Waals surface area contributed by atoms with Gasteiger partial charge in [0.15, 0.2) is 0 Å². The molecule has 1 aromatic heterocycles. The number of benzene rings is 2. The van der Waals surface area contributed by atoms with E-state index in [0.717, 1.165) is 22.7 Å². The topological polar surface area (TPSA) is 94.0 Å². The van der Waals surface area contributed by atoms with Crippen LogP contribution in [-0.2, 0) is 27.0 Å². The van der Waals surface area contributed by atoms with E-state index in [9.17, 15) is 27.6 Å². The van der Waals surface area contributed by atoms with E-state index >= 15 is 0 Å². The average molecular weight is 637 g/mol. The second-order valence-electron chi connectivity index (χ2n) is 11.1. The number of imide groups is 1. The number of alkyl halides is 3. The van der Waals surface area contributed by atoms with Gasteiger partial charge in [-0.3, -0.25) is 19.2 Å². The number of carbonyl (C=O) groups is 3. The molecule has 2 fully saturated rings. The van der Waals surface area contributed by atoms with Gasteiger partial charge in [-0.1, -0.05) is 23.7 Å². The van der Waals surface area contributed by atoms with Crippen LogP contribution < -0.4 is 0 Å². The third kappa shape index (κ3) is 7.16. The Balaban J connectivity index is 1.28. The highest BCUT2D eigenvalue weighted by Crippen LogP contribution is 2.35. The Morgan fingerprint density at radius 1 is 1.19 bits per heavy atom. The first-order chi connectivity index (χ1) is 20.2. The van der Waals surface area contributed by atoms with Crippen LogP contribution in [0, 0.1) is 0 Å². The molecule has 2 aliphatic heterocycles.